The van der Waals surface area contributed by atoms with E-state index in [0.717, 1.165) is 23.3 Å². The van der Waals surface area contributed by atoms with Crippen LogP contribution in [0.3, 0.4) is 0 Å². The monoisotopic (exact) mass is 293 g/mol. The highest BCUT2D eigenvalue weighted by atomic mass is 32.2. The van der Waals surface area contributed by atoms with Gasteiger partial charge in [0.05, 0.1) is 17.0 Å². The average molecular weight is 293 g/mol. The first kappa shape index (κ1) is 14.0. The molecule has 0 fully saturated rings. The zero-order chi connectivity index (χ0) is 13.7. The van der Waals surface area contributed by atoms with Crippen LogP contribution >= 0.6 is 11.3 Å². The number of hydrogen-bond donors (Lipinski definition) is 0. The molecule has 2 aromatic rings. The topological polar surface area (TPSA) is 47.0 Å². The van der Waals surface area contributed by atoms with Gasteiger partial charge in [-0.1, -0.05) is 36.4 Å². The number of rotatable bonds is 6. The van der Waals surface area contributed by atoms with Crippen molar-refractivity contribution in [3.63, 3.8) is 0 Å². The van der Waals surface area contributed by atoms with Gasteiger partial charge in [0, 0.05) is 0 Å². The van der Waals surface area contributed by atoms with Gasteiger partial charge in [0.25, 0.3) is 0 Å². The molecule has 0 N–H and O–H groups in total. The summed E-state index contributed by atoms with van der Waals surface area (Å²) in [6, 6.07) is 9.85. The number of aryl methyl sites for hydroxylation is 1. The van der Waals surface area contributed by atoms with Crippen LogP contribution in [0.25, 0.3) is 0 Å². The maximum Gasteiger partial charge on any atom is 0.195 e. The molecule has 0 bridgehead atoms. The molecule has 0 aliphatic heterocycles. The summed E-state index contributed by atoms with van der Waals surface area (Å²) in [4.78, 5) is 3.83. The summed E-state index contributed by atoms with van der Waals surface area (Å²) in [6.45, 7) is 3.65. The summed E-state index contributed by atoms with van der Waals surface area (Å²) in [5, 5.41) is -0.562. The van der Waals surface area contributed by atoms with Crippen LogP contribution in [-0.4, -0.2) is 18.7 Å². The smallest absolute Gasteiger partial charge is 0.195 e. The van der Waals surface area contributed by atoms with Crippen molar-refractivity contribution in [2.45, 2.75) is 22.3 Å². The van der Waals surface area contributed by atoms with E-state index in [0.29, 0.717) is 10.6 Å². The molecule has 1 unspecified atom stereocenters. The number of aromatic nitrogens is 1. The summed E-state index contributed by atoms with van der Waals surface area (Å²) in [5.41, 5.74) is 2.67. The summed E-state index contributed by atoms with van der Waals surface area (Å²) < 4.78 is 25.0. The largest absolute Gasteiger partial charge is 0.252 e. The quantitative estimate of drug-likeness (QED) is 0.769. The predicted molar refractivity (Wildman–Crippen MR) is 78.0 cm³/mol. The minimum atomic E-state index is -3.34. The zero-order valence-electron chi connectivity index (χ0n) is 10.4. The lowest BCUT2D eigenvalue weighted by atomic mass is 10.1. The van der Waals surface area contributed by atoms with Gasteiger partial charge in [0.2, 0.25) is 0 Å². The maximum absolute atomic E-state index is 12.3. The van der Waals surface area contributed by atoms with Crippen molar-refractivity contribution in [1.29, 1.82) is 0 Å². The Bertz CT molecular complexity index is 619. The molecule has 1 aromatic heterocycles. The molecule has 0 amide bonds. The van der Waals surface area contributed by atoms with E-state index < -0.39 is 15.1 Å². The molecule has 0 saturated heterocycles. The molecule has 0 radical (unpaired) electrons. The van der Waals surface area contributed by atoms with Crippen molar-refractivity contribution in [1.82, 2.24) is 4.98 Å². The number of nitrogens with zero attached hydrogens (tertiary/aromatic N) is 1. The highest BCUT2D eigenvalue weighted by Crippen LogP contribution is 2.23. The van der Waals surface area contributed by atoms with Crippen LogP contribution in [0.2, 0.25) is 0 Å². The van der Waals surface area contributed by atoms with Crippen LogP contribution in [0.5, 0.6) is 0 Å². The van der Waals surface area contributed by atoms with Gasteiger partial charge in [-0.2, -0.15) is 0 Å². The third kappa shape index (κ3) is 3.30. The molecule has 1 atom stereocenters. The van der Waals surface area contributed by atoms with E-state index in [1.807, 2.05) is 30.3 Å². The Balaban J connectivity index is 2.11. The first-order valence-electron chi connectivity index (χ1n) is 5.93. The Kier molecular flexibility index (Phi) is 4.50. The molecule has 0 aliphatic carbocycles. The minimum Gasteiger partial charge on any atom is -0.252 e. The van der Waals surface area contributed by atoms with Gasteiger partial charge in [-0.25, -0.2) is 8.42 Å². The molecule has 0 aliphatic rings. The Labute approximate surface area is 117 Å². The molecular weight excluding hydrogens is 278 g/mol. The lowest BCUT2D eigenvalue weighted by Crippen LogP contribution is -2.19. The molecule has 100 valence electrons. The second-order valence-corrected chi connectivity index (χ2v) is 7.44. The SMILES string of the molecule is C=CC(CCc1ccccc1)S(=O)(=O)c1cncs1. The van der Waals surface area contributed by atoms with Gasteiger partial charge in [-0.3, -0.25) is 4.98 Å². The summed E-state index contributed by atoms with van der Waals surface area (Å²) >= 11 is 1.15. The highest BCUT2D eigenvalue weighted by Gasteiger charge is 2.25. The predicted octanol–water partition coefficient (Wildman–Crippen LogP) is 3.10. The maximum atomic E-state index is 12.3. The van der Waals surface area contributed by atoms with E-state index in [4.69, 9.17) is 0 Å². The van der Waals surface area contributed by atoms with Crippen molar-refractivity contribution >= 4 is 21.2 Å². The van der Waals surface area contributed by atoms with Gasteiger partial charge in [0.1, 0.15) is 4.21 Å². The fourth-order valence-electron chi connectivity index (χ4n) is 1.85. The van der Waals surface area contributed by atoms with Gasteiger partial charge < -0.3 is 0 Å². The van der Waals surface area contributed by atoms with Crippen LogP contribution in [0.4, 0.5) is 0 Å². The van der Waals surface area contributed by atoms with E-state index >= 15 is 0 Å². The van der Waals surface area contributed by atoms with Gasteiger partial charge >= 0.3 is 0 Å². The third-order valence-corrected chi connectivity index (χ3v) is 6.35. The average Bonchev–Trinajstić information content (AvgIpc) is 2.95. The minimum absolute atomic E-state index is 0.311. The van der Waals surface area contributed by atoms with Crippen LogP contribution in [0.15, 0.2) is 58.9 Å². The second-order valence-electron chi connectivity index (χ2n) is 4.16. The lowest BCUT2D eigenvalue weighted by Gasteiger charge is -2.12. The van der Waals surface area contributed by atoms with Crippen LogP contribution in [-0.2, 0) is 16.3 Å². The van der Waals surface area contributed by atoms with Crippen LogP contribution < -0.4 is 0 Å². The fraction of sp³-hybridized carbons (Fsp3) is 0.214. The highest BCUT2D eigenvalue weighted by molar-refractivity contribution is 7.94. The Morgan fingerprint density at radius 1 is 1.32 bits per heavy atom. The van der Waals surface area contributed by atoms with E-state index in [9.17, 15) is 8.42 Å². The molecule has 0 spiro atoms. The molecule has 1 heterocycles. The third-order valence-electron chi connectivity index (χ3n) is 2.91. The van der Waals surface area contributed by atoms with E-state index in [1.54, 1.807) is 0 Å². The van der Waals surface area contributed by atoms with E-state index in [-0.39, 0.29) is 0 Å². The molecule has 0 saturated carbocycles. The van der Waals surface area contributed by atoms with Crippen molar-refractivity contribution in [2.75, 3.05) is 0 Å². The number of sulfone groups is 1. The van der Waals surface area contributed by atoms with Crippen molar-refractivity contribution in [3.05, 3.63) is 60.3 Å². The number of hydrogen-bond acceptors (Lipinski definition) is 4. The standard InChI is InChI=1S/C14H15NO2S2/c1-2-13(9-8-12-6-4-3-5-7-12)19(16,17)14-10-15-11-18-14/h2-7,10-11,13H,1,8-9H2. The first-order chi connectivity index (χ1) is 9.14. The van der Waals surface area contributed by atoms with Crippen LogP contribution in [0, 0.1) is 0 Å². The molecule has 1 aromatic carbocycles. The summed E-state index contributed by atoms with van der Waals surface area (Å²) in [5.74, 6) is 0. The van der Waals surface area contributed by atoms with Gasteiger partial charge in [-0.15, -0.1) is 17.9 Å². The molecule has 3 nitrogen and oxygen atoms in total. The number of thiazole rings is 1. The molecule has 19 heavy (non-hydrogen) atoms. The summed E-state index contributed by atoms with van der Waals surface area (Å²) in [7, 11) is -3.34. The molecule has 2 rings (SSSR count). The molecular formula is C14H15NO2S2. The van der Waals surface area contributed by atoms with Crippen LogP contribution in [0.1, 0.15) is 12.0 Å². The van der Waals surface area contributed by atoms with Crippen molar-refractivity contribution < 1.29 is 8.42 Å². The Morgan fingerprint density at radius 3 is 2.63 bits per heavy atom. The normalized spacial score (nSPS) is 13.1. The zero-order valence-corrected chi connectivity index (χ0v) is 12.0. The Morgan fingerprint density at radius 2 is 2.05 bits per heavy atom. The number of benzene rings is 1. The summed E-state index contributed by atoms with van der Waals surface area (Å²) in [6.07, 6.45) is 4.17. The van der Waals surface area contributed by atoms with Crippen molar-refractivity contribution in [3.8, 4) is 0 Å². The van der Waals surface area contributed by atoms with E-state index in [2.05, 4.69) is 11.6 Å². The van der Waals surface area contributed by atoms with Gasteiger partial charge in [0.15, 0.2) is 9.84 Å². The lowest BCUT2D eigenvalue weighted by molar-refractivity contribution is 0.585. The first-order valence-corrected chi connectivity index (χ1v) is 8.36. The fourth-order valence-corrected chi connectivity index (χ4v) is 4.42. The van der Waals surface area contributed by atoms with E-state index in [1.165, 1.54) is 17.8 Å². The van der Waals surface area contributed by atoms with Gasteiger partial charge in [-0.05, 0) is 18.4 Å². The second kappa shape index (κ2) is 6.12. The van der Waals surface area contributed by atoms with Crippen molar-refractivity contribution in [2.24, 2.45) is 0 Å². The molecule has 5 heteroatoms. The Hall–Kier alpha value is -1.46.